The van der Waals surface area contributed by atoms with E-state index in [1.165, 1.54) is 12.1 Å². The van der Waals surface area contributed by atoms with Gasteiger partial charge < -0.3 is 10.4 Å². The third kappa shape index (κ3) is 4.69. The van der Waals surface area contributed by atoms with Crippen LogP contribution in [0.15, 0.2) is 12.1 Å². The first kappa shape index (κ1) is 15.7. The van der Waals surface area contributed by atoms with Gasteiger partial charge >= 0.3 is 5.97 Å². The van der Waals surface area contributed by atoms with Gasteiger partial charge in [-0.25, -0.2) is 9.78 Å². The number of aromatic nitrogens is 1. The predicted octanol–water partition coefficient (Wildman–Crippen LogP) is 2.76. The van der Waals surface area contributed by atoms with Gasteiger partial charge in [0, 0.05) is 0 Å². The van der Waals surface area contributed by atoms with Crippen LogP contribution in [-0.2, 0) is 4.79 Å². The van der Waals surface area contributed by atoms with Crippen LogP contribution in [0.5, 0.6) is 0 Å². The Morgan fingerprint density at radius 2 is 2.11 bits per heavy atom. The number of carbonyl (C=O) groups excluding carboxylic acids is 1. The number of nitrogens with one attached hydrogen (secondary N) is 1. The molecule has 0 aliphatic carbocycles. The summed E-state index contributed by atoms with van der Waals surface area (Å²) in [5, 5.41) is 11.7. The van der Waals surface area contributed by atoms with E-state index >= 15 is 0 Å². The van der Waals surface area contributed by atoms with Gasteiger partial charge in [-0.1, -0.05) is 43.0 Å². The number of aliphatic carboxylic acids is 1. The summed E-state index contributed by atoms with van der Waals surface area (Å²) in [6, 6.07) is 1.93. The lowest BCUT2D eigenvalue weighted by Gasteiger charge is -2.14. The summed E-state index contributed by atoms with van der Waals surface area (Å²) < 4.78 is 0. The van der Waals surface area contributed by atoms with Crippen LogP contribution in [0, 0.1) is 0 Å². The largest absolute Gasteiger partial charge is 0.480 e. The third-order valence-corrected chi connectivity index (χ3v) is 2.99. The van der Waals surface area contributed by atoms with Crippen molar-refractivity contribution in [3.8, 4) is 0 Å². The second-order valence-corrected chi connectivity index (χ2v) is 4.77. The lowest BCUT2D eigenvalue weighted by molar-refractivity contribution is -0.139. The molecular weight excluding hydrogens is 291 g/mol. The van der Waals surface area contributed by atoms with Crippen LogP contribution in [-0.4, -0.2) is 28.0 Å². The van der Waals surface area contributed by atoms with Crippen molar-refractivity contribution in [1.29, 1.82) is 0 Å². The molecule has 104 valence electrons. The summed E-state index contributed by atoms with van der Waals surface area (Å²) in [5.41, 5.74) is -0.0723. The summed E-state index contributed by atoms with van der Waals surface area (Å²) in [4.78, 5) is 26.7. The average molecular weight is 305 g/mol. The van der Waals surface area contributed by atoms with Crippen molar-refractivity contribution in [3.05, 3.63) is 28.0 Å². The highest BCUT2D eigenvalue weighted by Crippen LogP contribution is 2.17. The Labute approximate surface area is 120 Å². The first-order valence-electron chi connectivity index (χ1n) is 5.81. The molecule has 1 unspecified atom stereocenters. The zero-order valence-electron chi connectivity index (χ0n) is 10.3. The molecule has 1 aromatic heterocycles. The lowest BCUT2D eigenvalue weighted by atomic mass is 10.1. The van der Waals surface area contributed by atoms with Crippen LogP contribution >= 0.6 is 23.2 Å². The standard InChI is InChI=1S/C12H14Cl2N2O3/c1-2-3-4-8(12(18)19)15-11(17)10-7(13)5-6-9(14)16-10/h5-6,8H,2-4H2,1H3,(H,15,17)(H,18,19). The van der Waals surface area contributed by atoms with E-state index in [0.29, 0.717) is 12.8 Å². The Balaban J connectivity index is 2.81. The highest BCUT2D eigenvalue weighted by Gasteiger charge is 2.22. The van der Waals surface area contributed by atoms with Gasteiger partial charge in [0.05, 0.1) is 5.02 Å². The quantitative estimate of drug-likeness (QED) is 0.792. The van der Waals surface area contributed by atoms with Crippen molar-refractivity contribution in [2.75, 3.05) is 0 Å². The molecule has 0 spiro atoms. The fourth-order valence-corrected chi connectivity index (χ4v) is 1.81. The van der Waals surface area contributed by atoms with Crippen LogP contribution in [0.2, 0.25) is 10.2 Å². The summed E-state index contributed by atoms with van der Waals surface area (Å²) in [6.45, 7) is 1.94. The number of unbranched alkanes of at least 4 members (excludes halogenated alkanes) is 1. The fraction of sp³-hybridized carbons (Fsp3) is 0.417. The van der Waals surface area contributed by atoms with Crippen molar-refractivity contribution in [3.63, 3.8) is 0 Å². The molecule has 1 amide bonds. The summed E-state index contributed by atoms with van der Waals surface area (Å²) >= 11 is 11.5. The van der Waals surface area contributed by atoms with Crippen LogP contribution in [0.3, 0.4) is 0 Å². The summed E-state index contributed by atoms with van der Waals surface area (Å²) in [7, 11) is 0. The molecule has 0 bridgehead atoms. The van der Waals surface area contributed by atoms with Crippen molar-refractivity contribution in [1.82, 2.24) is 10.3 Å². The molecule has 1 rings (SSSR count). The van der Waals surface area contributed by atoms with Gasteiger partial charge in [-0.2, -0.15) is 0 Å². The molecule has 1 atom stereocenters. The minimum absolute atomic E-state index is 0.0723. The minimum atomic E-state index is -1.08. The molecule has 2 N–H and O–H groups in total. The number of rotatable bonds is 6. The number of pyridine rings is 1. The molecule has 7 heteroatoms. The highest BCUT2D eigenvalue weighted by molar-refractivity contribution is 6.34. The Kier molecular flexibility index (Phi) is 6.05. The lowest BCUT2D eigenvalue weighted by Crippen LogP contribution is -2.41. The molecule has 0 saturated heterocycles. The molecule has 0 aliphatic heterocycles. The molecule has 19 heavy (non-hydrogen) atoms. The van der Waals surface area contributed by atoms with E-state index in [4.69, 9.17) is 28.3 Å². The average Bonchev–Trinajstić information content (AvgIpc) is 2.36. The van der Waals surface area contributed by atoms with Gasteiger partial charge in [-0.3, -0.25) is 4.79 Å². The number of carbonyl (C=O) groups is 2. The maximum atomic E-state index is 11.9. The monoisotopic (exact) mass is 304 g/mol. The van der Waals surface area contributed by atoms with Gasteiger partial charge in [0.15, 0.2) is 0 Å². The molecular formula is C12H14Cl2N2O3. The van der Waals surface area contributed by atoms with E-state index < -0.39 is 17.9 Å². The zero-order chi connectivity index (χ0) is 14.4. The van der Waals surface area contributed by atoms with E-state index in [1.54, 1.807) is 0 Å². The maximum Gasteiger partial charge on any atom is 0.326 e. The SMILES string of the molecule is CCCCC(NC(=O)c1nc(Cl)ccc1Cl)C(=O)O. The number of carboxylic acids is 1. The van der Waals surface area contributed by atoms with Crippen molar-refractivity contribution in [2.45, 2.75) is 32.2 Å². The molecule has 0 fully saturated rings. The number of hydrogen-bond acceptors (Lipinski definition) is 3. The normalized spacial score (nSPS) is 11.9. The third-order valence-electron chi connectivity index (χ3n) is 2.48. The maximum absolute atomic E-state index is 11.9. The molecule has 0 aromatic carbocycles. The van der Waals surface area contributed by atoms with E-state index in [1.807, 2.05) is 6.92 Å². The molecule has 0 radical (unpaired) electrons. The van der Waals surface area contributed by atoms with Gasteiger partial charge in [0.2, 0.25) is 0 Å². The summed E-state index contributed by atoms with van der Waals surface area (Å²) in [5.74, 6) is -1.73. The highest BCUT2D eigenvalue weighted by atomic mass is 35.5. The molecule has 0 aliphatic rings. The van der Waals surface area contributed by atoms with Gasteiger partial charge in [0.25, 0.3) is 5.91 Å². The van der Waals surface area contributed by atoms with E-state index in [-0.39, 0.29) is 15.9 Å². The number of halogens is 2. The second-order valence-electron chi connectivity index (χ2n) is 3.97. The molecule has 1 aromatic rings. The van der Waals surface area contributed by atoms with E-state index in [0.717, 1.165) is 6.42 Å². The molecule has 5 nitrogen and oxygen atoms in total. The first-order chi connectivity index (χ1) is 8.95. The van der Waals surface area contributed by atoms with Gasteiger partial charge in [-0.15, -0.1) is 0 Å². The smallest absolute Gasteiger partial charge is 0.326 e. The van der Waals surface area contributed by atoms with E-state index in [9.17, 15) is 9.59 Å². The van der Waals surface area contributed by atoms with Crippen molar-refractivity contribution < 1.29 is 14.7 Å². The first-order valence-corrected chi connectivity index (χ1v) is 6.57. The molecule has 0 saturated carbocycles. The Morgan fingerprint density at radius 3 is 2.68 bits per heavy atom. The minimum Gasteiger partial charge on any atom is -0.480 e. The summed E-state index contributed by atoms with van der Waals surface area (Å²) in [6.07, 6.45) is 1.90. The molecule has 1 heterocycles. The van der Waals surface area contributed by atoms with Crippen LogP contribution < -0.4 is 5.32 Å². The predicted molar refractivity (Wildman–Crippen MR) is 72.7 cm³/mol. The topological polar surface area (TPSA) is 79.3 Å². The van der Waals surface area contributed by atoms with E-state index in [2.05, 4.69) is 10.3 Å². The zero-order valence-corrected chi connectivity index (χ0v) is 11.8. The van der Waals surface area contributed by atoms with Crippen molar-refractivity contribution in [2.24, 2.45) is 0 Å². The number of hydrogen-bond donors (Lipinski definition) is 2. The second kappa shape index (κ2) is 7.31. The Bertz CT molecular complexity index is 480. The van der Waals surface area contributed by atoms with Crippen LogP contribution in [0.25, 0.3) is 0 Å². The van der Waals surface area contributed by atoms with Gasteiger partial charge in [-0.05, 0) is 18.6 Å². The fourth-order valence-electron chi connectivity index (χ4n) is 1.47. The van der Waals surface area contributed by atoms with Crippen LogP contribution in [0.4, 0.5) is 0 Å². The van der Waals surface area contributed by atoms with Crippen LogP contribution in [0.1, 0.15) is 36.7 Å². The Hall–Kier alpha value is -1.33. The number of amides is 1. The number of nitrogens with zero attached hydrogens (tertiary/aromatic N) is 1. The van der Waals surface area contributed by atoms with Crippen molar-refractivity contribution >= 4 is 35.1 Å². The number of carboxylic acid groups (broad SMARTS) is 1. The van der Waals surface area contributed by atoms with Gasteiger partial charge in [0.1, 0.15) is 16.9 Å². The Morgan fingerprint density at radius 1 is 1.42 bits per heavy atom.